The van der Waals surface area contributed by atoms with Crippen LogP contribution in [0.3, 0.4) is 0 Å². The fraction of sp³-hybridized carbons (Fsp3) is 0.258. The molecule has 2 aliphatic heterocycles. The Hall–Kier alpha value is -5.23. The Labute approximate surface area is 247 Å². The number of piperidine rings is 1. The van der Waals surface area contributed by atoms with Gasteiger partial charge in [0.25, 0.3) is 5.91 Å². The number of imidazole rings is 1. The summed E-state index contributed by atoms with van der Waals surface area (Å²) < 4.78 is 4.27. The third-order valence-electron chi connectivity index (χ3n) is 8.46. The van der Waals surface area contributed by atoms with Crippen LogP contribution in [0, 0.1) is 0 Å². The van der Waals surface area contributed by atoms with Crippen LogP contribution in [0.1, 0.15) is 29.2 Å². The van der Waals surface area contributed by atoms with Crippen molar-refractivity contribution in [2.24, 2.45) is 0 Å². The fourth-order valence-corrected chi connectivity index (χ4v) is 6.12. The molecule has 4 aromatic heterocycles. The molecule has 12 heteroatoms. The molecule has 0 radical (unpaired) electrons. The Morgan fingerprint density at radius 2 is 1.70 bits per heavy atom. The summed E-state index contributed by atoms with van der Waals surface area (Å²) in [5, 5.41) is 12.0. The van der Waals surface area contributed by atoms with Crippen molar-refractivity contribution in [1.82, 2.24) is 33.7 Å². The second kappa shape index (κ2) is 10.9. The first-order valence-corrected chi connectivity index (χ1v) is 14.3. The second-order valence-electron chi connectivity index (χ2n) is 11.0. The highest BCUT2D eigenvalue weighted by Gasteiger charge is 2.36. The molecule has 12 nitrogen and oxygen atoms in total. The van der Waals surface area contributed by atoms with Crippen LogP contribution in [0.2, 0.25) is 0 Å². The lowest BCUT2D eigenvalue weighted by atomic mass is 9.99. The van der Waals surface area contributed by atoms with E-state index in [4.69, 9.17) is 10.7 Å². The lowest BCUT2D eigenvalue weighted by Crippen LogP contribution is -2.61. The molecule has 43 heavy (non-hydrogen) atoms. The molecule has 5 aromatic rings. The lowest BCUT2D eigenvalue weighted by Gasteiger charge is -2.46. The van der Waals surface area contributed by atoms with E-state index >= 15 is 0 Å². The number of carbonyl (C=O) groups is 2. The first-order chi connectivity index (χ1) is 21.0. The predicted molar refractivity (Wildman–Crippen MR) is 162 cm³/mol. The molecule has 0 aliphatic carbocycles. The second-order valence-corrected chi connectivity index (χ2v) is 11.0. The van der Waals surface area contributed by atoms with E-state index in [-0.39, 0.29) is 5.91 Å². The van der Waals surface area contributed by atoms with Crippen molar-refractivity contribution < 1.29 is 14.7 Å². The Balaban J connectivity index is 1.14. The van der Waals surface area contributed by atoms with Gasteiger partial charge in [0.15, 0.2) is 5.82 Å². The van der Waals surface area contributed by atoms with Crippen molar-refractivity contribution in [3.05, 3.63) is 84.9 Å². The standard InChI is InChI=1S/C31H31N9O3/c32-28-27-26(20-6-8-21(9-7-20)30(41)35-25-5-1-2-12-33-25)36-29(40(27)17-13-34-28)24-4-3-14-39(24)22-10-15-37(16-11-22)23-18-38(19-23)31(42)43/h1-9,12-14,17,22-23H,10-11,15-16,18-19H2,(H2,32,34)(H,42,43)(H,33,35,41). The van der Waals surface area contributed by atoms with Gasteiger partial charge in [-0.3, -0.25) is 14.1 Å². The minimum Gasteiger partial charge on any atom is -0.465 e. The SMILES string of the molecule is Nc1nccn2c(-c3cccn3C3CCN(C4CN(C(=O)O)C4)CC3)nc(-c3ccc(C(=O)Nc4ccccn4)cc3)c12. The minimum atomic E-state index is -0.840. The van der Waals surface area contributed by atoms with Gasteiger partial charge in [0.1, 0.15) is 22.8 Å². The molecule has 0 unspecified atom stereocenters. The van der Waals surface area contributed by atoms with Crippen molar-refractivity contribution in [1.29, 1.82) is 0 Å². The molecule has 0 bridgehead atoms. The van der Waals surface area contributed by atoms with E-state index in [2.05, 4.69) is 37.0 Å². The van der Waals surface area contributed by atoms with Crippen LogP contribution in [0.5, 0.6) is 0 Å². The van der Waals surface area contributed by atoms with E-state index in [0.29, 0.717) is 53.6 Å². The van der Waals surface area contributed by atoms with Gasteiger partial charge in [-0.05, 0) is 49.2 Å². The maximum atomic E-state index is 12.8. The normalized spacial score (nSPS) is 16.3. The maximum absolute atomic E-state index is 12.8. The highest BCUT2D eigenvalue weighted by Crippen LogP contribution is 2.35. The van der Waals surface area contributed by atoms with Crippen LogP contribution >= 0.6 is 0 Å². The lowest BCUT2D eigenvalue weighted by molar-refractivity contribution is 0.0210. The topological polar surface area (TPSA) is 147 Å². The van der Waals surface area contributed by atoms with E-state index in [1.54, 1.807) is 36.7 Å². The number of likely N-dealkylation sites (tertiary alicyclic amines) is 2. The van der Waals surface area contributed by atoms with E-state index in [0.717, 1.165) is 43.0 Å². The summed E-state index contributed by atoms with van der Waals surface area (Å²) in [6.07, 6.45) is 8.37. The van der Waals surface area contributed by atoms with Gasteiger partial charge in [-0.15, -0.1) is 0 Å². The number of benzene rings is 1. The average molecular weight is 578 g/mol. The molecule has 4 N–H and O–H groups in total. The van der Waals surface area contributed by atoms with Crippen molar-refractivity contribution in [2.45, 2.75) is 24.9 Å². The number of aromatic nitrogens is 5. The van der Waals surface area contributed by atoms with Crippen molar-refractivity contribution in [2.75, 3.05) is 37.2 Å². The first-order valence-electron chi connectivity index (χ1n) is 14.3. The zero-order valence-electron chi connectivity index (χ0n) is 23.4. The van der Waals surface area contributed by atoms with Crippen molar-refractivity contribution >= 4 is 29.2 Å². The average Bonchev–Trinajstić information content (AvgIpc) is 3.63. The molecular formula is C31H31N9O3. The number of anilines is 2. The van der Waals surface area contributed by atoms with Crippen LogP contribution in [-0.4, -0.2) is 83.0 Å². The van der Waals surface area contributed by atoms with Gasteiger partial charge < -0.3 is 25.6 Å². The molecule has 2 aliphatic rings. The van der Waals surface area contributed by atoms with E-state index in [1.807, 2.05) is 34.9 Å². The zero-order chi connectivity index (χ0) is 29.5. The number of nitrogens with one attached hydrogen (secondary N) is 1. The molecule has 2 amide bonds. The zero-order valence-corrected chi connectivity index (χ0v) is 23.4. The summed E-state index contributed by atoms with van der Waals surface area (Å²) in [4.78, 5) is 41.4. The quantitative estimate of drug-likeness (QED) is 0.273. The fourth-order valence-electron chi connectivity index (χ4n) is 6.12. The van der Waals surface area contributed by atoms with Crippen molar-refractivity contribution in [3.63, 3.8) is 0 Å². The molecular weight excluding hydrogens is 546 g/mol. The number of rotatable bonds is 6. The molecule has 7 rings (SSSR count). The Morgan fingerprint density at radius 3 is 2.42 bits per heavy atom. The largest absolute Gasteiger partial charge is 0.465 e. The molecule has 0 spiro atoms. The molecule has 2 fully saturated rings. The van der Waals surface area contributed by atoms with Crippen LogP contribution < -0.4 is 11.1 Å². The minimum absolute atomic E-state index is 0.248. The maximum Gasteiger partial charge on any atom is 0.407 e. The summed E-state index contributed by atoms with van der Waals surface area (Å²) >= 11 is 0. The summed E-state index contributed by atoms with van der Waals surface area (Å²) in [5.41, 5.74) is 10.1. The van der Waals surface area contributed by atoms with Crippen LogP contribution in [0.15, 0.2) is 79.4 Å². The van der Waals surface area contributed by atoms with Crippen LogP contribution in [-0.2, 0) is 0 Å². The van der Waals surface area contributed by atoms with Gasteiger partial charge >= 0.3 is 6.09 Å². The number of amides is 2. The molecule has 2 saturated heterocycles. The number of fused-ring (bicyclic) bond motifs is 1. The molecule has 6 heterocycles. The van der Waals surface area contributed by atoms with E-state index in [1.165, 1.54) is 4.90 Å². The Kier molecular flexibility index (Phi) is 6.74. The summed E-state index contributed by atoms with van der Waals surface area (Å²) in [6, 6.07) is 17.3. The molecule has 0 saturated carbocycles. The highest BCUT2D eigenvalue weighted by molar-refractivity contribution is 6.04. The third-order valence-corrected chi connectivity index (χ3v) is 8.46. The number of carboxylic acid groups (broad SMARTS) is 1. The molecule has 0 atom stereocenters. The van der Waals surface area contributed by atoms with Crippen LogP contribution in [0.4, 0.5) is 16.4 Å². The summed E-state index contributed by atoms with van der Waals surface area (Å²) in [5.74, 6) is 1.37. The van der Waals surface area contributed by atoms with Gasteiger partial charge in [-0.25, -0.2) is 19.7 Å². The van der Waals surface area contributed by atoms with Gasteiger partial charge in [0.05, 0.1) is 5.69 Å². The number of nitrogens with two attached hydrogens (primary N) is 1. The first kappa shape index (κ1) is 26.7. The summed E-state index contributed by atoms with van der Waals surface area (Å²) in [7, 11) is 0. The number of hydrogen-bond donors (Lipinski definition) is 3. The van der Waals surface area contributed by atoms with Gasteiger partial charge in [-0.2, -0.15) is 0 Å². The van der Waals surface area contributed by atoms with Gasteiger partial charge in [0.2, 0.25) is 0 Å². The smallest absolute Gasteiger partial charge is 0.407 e. The van der Waals surface area contributed by atoms with Gasteiger partial charge in [-0.1, -0.05) is 18.2 Å². The van der Waals surface area contributed by atoms with Crippen LogP contribution in [0.25, 0.3) is 28.3 Å². The monoisotopic (exact) mass is 577 g/mol. The van der Waals surface area contributed by atoms with Crippen molar-refractivity contribution in [3.8, 4) is 22.8 Å². The Bertz CT molecular complexity index is 1780. The summed E-state index contributed by atoms with van der Waals surface area (Å²) in [6.45, 7) is 3.02. The molecule has 218 valence electrons. The number of hydrogen-bond acceptors (Lipinski definition) is 7. The number of pyridine rings is 1. The number of nitrogens with zero attached hydrogens (tertiary/aromatic N) is 7. The highest BCUT2D eigenvalue weighted by atomic mass is 16.4. The predicted octanol–water partition coefficient (Wildman–Crippen LogP) is 4.09. The molecule has 1 aromatic carbocycles. The van der Waals surface area contributed by atoms with E-state index in [9.17, 15) is 14.7 Å². The third kappa shape index (κ3) is 4.95. The van der Waals surface area contributed by atoms with Gasteiger partial charge in [0, 0.05) is 74.2 Å². The number of carbonyl (C=O) groups excluding carboxylic acids is 1. The Morgan fingerprint density at radius 1 is 0.907 bits per heavy atom. The number of nitrogen functional groups attached to an aromatic ring is 1. The van der Waals surface area contributed by atoms with E-state index < -0.39 is 6.09 Å².